The number of rotatable bonds is 8. The van der Waals surface area contributed by atoms with E-state index < -0.39 is 0 Å². The Morgan fingerprint density at radius 2 is 2.04 bits per heavy atom. The maximum atomic E-state index is 12.5. The van der Waals surface area contributed by atoms with Crippen LogP contribution >= 0.6 is 11.8 Å². The van der Waals surface area contributed by atoms with Crippen molar-refractivity contribution in [3.63, 3.8) is 0 Å². The molecule has 5 heteroatoms. The molecule has 4 nitrogen and oxygen atoms in total. The van der Waals surface area contributed by atoms with E-state index in [0.717, 1.165) is 18.0 Å². The first-order valence-corrected chi connectivity index (χ1v) is 9.63. The Morgan fingerprint density at radius 1 is 1.24 bits per heavy atom. The summed E-state index contributed by atoms with van der Waals surface area (Å²) >= 11 is 1.62. The number of amides is 1. The van der Waals surface area contributed by atoms with Crippen molar-refractivity contribution in [2.45, 2.75) is 18.7 Å². The van der Waals surface area contributed by atoms with Gasteiger partial charge in [0.25, 0.3) is 5.91 Å². The van der Waals surface area contributed by atoms with Crippen LogP contribution in [0, 0.1) is 6.92 Å². The topological polar surface area (TPSA) is 41.6 Å². The lowest BCUT2D eigenvalue weighted by atomic mass is 10.2. The molecule has 0 unspecified atom stereocenters. The number of carbonyl (C=O) groups is 1. The molecule has 2 aromatic rings. The van der Waals surface area contributed by atoms with Gasteiger partial charge in [0.15, 0.2) is 0 Å². The molecule has 2 aromatic carbocycles. The summed E-state index contributed by atoms with van der Waals surface area (Å²) in [6.45, 7) is 6.44. The molecule has 134 valence electrons. The van der Waals surface area contributed by atoms with Crippen LogP contribution in [0.25, 0.3) is 0 Å². The monoisotopic (exact) mass is 358 g/mol. The van der Waals surface area contributed by atoms with E-state index in [-0.39, 0.29) is 5.91 Å². The van der Waals surface area contributed by atoms with Crippen LogP contribution < -0.4 is 15.0 Å². The molecule has 0 saturated heterocycles. The van der Waals surface area contributed by atoms with Crippen molar-refractivity contribution in [1.29, 1.82) is 0 Å². The zero-order chi connectivity index (χ0) is 18.2. The number of benzene rings is 2. The minimum Gasteiger partial charge on any atom is -0.496 e. The lowest BCUT2D eigenvalue weighted by Gasteiger charge is -2.23. The average molecular weight is 359 g/mol. The highest BCUT2D eigenvalue weighted by Gasteiger charge is 2.13. The number of hydrogen-bond donors (Lipinski definition) is 1. The van der Waals surface area contributed by atoms with Crippen LogP contribution in [-0.2, 0) is 0 Å². The van der Waals surface area contributed by atoms with Crippen LogP contribution in [0.3, 0.4) is 0 Å². The standard InChI is InChI=1S/C20H26N2O2S/c1-5-22(16-8-6-7-15(2)13-16)12-11-21-20(23)18-10-9-17(25-4)14-19(18)24-3/h6-10,13-14H,5,11-12H2,1-4H3,(H,21,23). The first-order chi connectivity index (χ1) is 12.1. The van der Waals surface area contributed by atoms with Gasteiger partial charge in [-0.15, -0.1) is 11.8 Å². The second-order valence-electron chi connectivity index (χ2n) is 5.74. The Hall–Kier alpha value is -2.14. The number of nitrogens with zero attached hydrogens (tertiary/aromatic N) is 1. The van der Waals surface area contributed by atoms with E-state index in [0.29, 0.717) is 17.9 Å². The highest BCUT2D eigenvalue weighted by molar-refractivity contribution is 7.98. The summed E-state index contributed by atoms with van der Waals surface area (Å²) in [6.07, 6.45) is 2.00. The van der Waals surface area contributed by atoms with Gasteiger partial charge in [-0.3, -0.25) is 4.79 Å². The summed E-state index contributed by atoms with van der Waals surface area (Å²) in [6, 6.07) is 14.1. The van der Waals surface area contributed by atoms with Gasteiger partial charge in [0, 0.05) is 30.2 Å². The molecular formula is C20H26N2O2S. The zero-order valence-electron chi connectivity index (χ0n) is 15.3. The summed E-state index contributed by atoms with van der Waals surface area (Å²) in [4.78, 5) is 15.8. The largest absolute Gasteiger partial charge is 0.496 e. The Balaban J connectivity index is 1.97. The number of carbonyl (C=O) groups excluding carboxylic acids is 1. The molecule has 0 aliphatic rings. The predicted molar refractivity (Wildman–Crippen MR) is 106 cm³/mol. The van der Waals surface area contributed by atoms with Crippen molar-refractivity contribution in [2.75, 3.05) is 37.9 Å². The number of nitrogens with one attached hydrogen (secondary N) is 1. The minimum atomic E-state index is -0.107. The number of ether oxygens (including phenoxy) is 1. The van der Waals surface area contributed by atoms with Crippen molar-refractivity contribution in [2.24, 2.45) is 0 Å². The Bertz CT molecular complexity index is 719. The second kappa shape index (κ2) is 9.37. The van der Waals surface area contributed by atoms with Crippen molar-refractivity contribution in [1.82, 2.24) is 5.32 Å². The van der Waals surface area contributed by atoms with Crippen molar-refractivity contribution < 1.29 is 9.53 Å². The maximum absolute atomic E-state index is 12.5. The van der Waals surface area contributed by atoms with Gasteiger partial charge < -0.3 is 15.0 Å². The number of hydrogen-bond acceptors (Lipinski definition) is 4. The van der Waals surface area contributed by atoms with E-state index in [1.807, 2.05) is 24.5 Å². The fourth-order valence-corrected chi connectivity index (χ4v) is 3.11. The van der Waals surface area contributed by atoms with Gasteiger partial charge in [0.1, 0.15) is 5.75 Å². The fourth-order valence-electron chi connectivity index (χ4n) is 2.68. The zero-order valence-corrected chi connectivity index (χ0v) is 16.2. The van der Waals surface area contributed by atoms with Gasteiger partial charge >= 0.3 is 0 Å². The Morgan fingerprint density at radius 3 is 2.68 bits per heavy atom. The number of anilines is 1. The first-order valence-electron chi connectivity index (χ1n) is 8.40. The van der Waals surface area contributed by atoms with Crippen LogP contribution in [0.1, 0.15) is 22.8 Å². The lowest BCUT2D eigenvalue weighted by Crippen LogP contribution is -2.35. The molecule has 0 aliphatic heterocycles. The summed E-state index contributed by atoms with van der Waals surface area (Å²) in [5.41, 5.74) is 2.98. The number of thioether (sulfide) groups is 1. The summed E-state index contributed by atoms with van der Waals surface area (Å²) in [5, 5.41) is 2.99. The molecule has 0 radical (unpaired) electrons. The summed E-state index contributed by atoms with van der Waals surface area (Å²) < 4.78 is 5.36. The maximum Gasteiger partial charge on any atom is 0.255 e. The highest BCUT2D eigenvalue weighted by atomic mass is 32.2. The highest BCUT2D eigenvalue weighted by Crippen LogP contribution is 2.25. The minimum absolute atomic E-state index is 0.107. The smallest absolute Gasteiger partial charge is 0.255 e. The van der Waals surface area contributed by atoms with Crippen LogP contribution in [0.15, 0.2) is 47.4 Å². The van der Waals surface area contributed by atoms with Crippen molar-refractivity contribution in [3.8, 4) is 5.75 Å². The Labute approximate surface area is 154 Å². The van der Waals surface area contributed by atoms with E-state index in [4.69, 9.17) is 4.74 Å². The van der Waals surface area contributed by atoms with Gasteiger partial charge in [0.05, 0.1) is 12.7 Å². The van der Waals surface area contributed by atoms with E-state index in [1.54, 1.807) is 18.9 Å². The third kappa shape index (κ3) is 5.16. The third-order valence-corrected chi connectivity index (χ3v) is 4.79. The molecule has 0 heterocycles. The Kier molecular flexibility index (Phi) is 7.19. The molecule has 1 N–H and O–H groups in total. The normalized spacial score (nSPS) is 10.4. The molecule has 0 fully saturated rings. The fraction of sp³-hybridized carbons (Fsp3) is 0.350. The average Bonchev–Trinajstić information content (AvgIpc) is 2.64. The molecule has 0 atom stereocenters. The van der Waals surface area contributed by atoms with E-state index in [1.165, 1.54) is 11.3 Å². The molecular weight excluding hydrogens is 332 g/mol. The van der Waals surface area contributed by atoms with Gasteiger partial charge in [-0.25, -0.2) is 0 Å². The van der Waals surface area contributed by atoms with Crippen LogP contribution in [0.5, 0.6) is 5.75 Å². The molecule has 0 bridgehead atoms. The molecule has 2 rings (SSSR count). The number of likely N-dealkylation sites (N-methyl/N-ethyl adjacent to an activating group) is 1. The third-order valence-electron chi connectivity index (χ3n) is 4.07. The molecule has 1 amide bonds. The van der Waals surface area contributed by atoms with Gasteiger partial charge in [0.2, 0.25) is 0 Å². The SMILES string of the molecule is CCN(CCNC(=O)c1ccc(SC)cc1OC)c1cccc(C)c1. The number of aryl methyl sites for hydroxylation is 1. The van der Waals surface area contributed by atoms with Gasteiger partial charge in [-0.2, -0.15) is 0 Å². The second-order valence-corrected chi connectivity index (χ2v) is 6.62. The summed E-state index contributed by atoms with van der Waals surface area (Å²) in [7, 11) is 1.59. The molecule has 0 spiro atoms. The predicted octanol–water partition coefficient (Wildman–Crippen LogP) is 3.98. The van der Waals surface area contributed by atoms with Crippen LogP contribution in [0.4, 0.5) is 5.69 Å². The molecule has 25 heavy (non-hydrogen) atoms. The lowest BCUT2D eigenvalue weighted by molar-refractivity contribution is 0.0951. The van der Waals surface area contributed by atoms with Crippen LogP contribution in [0.2, 0.25) is 0 Å². The van der Waals surface area contributed by atoms with Crippen LogP contribution in [-0.4, -0.2) is 38.9 Å². The molecule has 0 aromatic heterocycles. The van der Waals surface area contributed by atoms with E-state index in [2.05, 4.69) is 48.3 Å². The van der Waals surface area contributed by atoms with Crippen molar-refractivity contribution >= 4 is 23.4 Å². The van der Waals surface area contributed by atoms with Gasteiger partial charge in [-0.1, -0.05) is 12.1 Å². The van der Waals surface area contributed by atoms with Gasteiger partial charge in [-0.05, 0) is 56.0 Å². The first kappa shape index (κ1) is 19.2. The molecule has 0 saturated carbocycles. The summed E-state index contributed by atoms with van der Waals surface area (Å²) in [5.74, 6) is 0.500. The van der Waals surface area contributed by atoms with E-state index in [9.17, 15) is 4.79 Å². The molecule has 0 aliphatic carbocycles. The van der Waals surface area contributed by atoms with Crippen molar-refractivity contribution in [3.05, 3.63) is 53.6 Å². The number of methoxy groups -OCH3 is 1. The van der Waals surface area contributed by atoms with E-state index >= 15 is 0 Å². The quantitative estimate of drug-likeness (QED) is 0.725.